The van der Waals surface area contributed by atoms with E-state index in [1.54, 1.807) is 5.32 Å². The zero-order valence-corrected chi connectivity index (χ0v) is 16.9. The van der Waals surface area contributed by atoms with Crippen molar-refractivity contribution in [2.24, 2.45) is 0 Å². The smallest absolute Gasteiger partial charge is 0.379 e. The molecule has 0 aliphatic rings. The Bertz CT molecular complexity index is 1180. The van der Waals surface area contributed by atoms with E-state index in [1.165, 1.54) is 6.07 Å². The second-order valence-electron chi connectivity index (χ2n) is 6.85. The molecule has 1 unspecified atom stereocenters. The molecular weight excluding hydrogens is 466 g/mol. The first-order valence-corrected chi connectivity index (χ1v) is 10.2. The fraction of sp³-hybridized carbons (Fsp3) is 0.263. The molecule has 1 atom stereocenters. The van der Waals surface area contributed by atoms with Crippen molar-refractivity contribution in [1.29, 1.82) is 5.26 Å². The van der Waals surface area contributed by atoms with Crippen LogP contribution in [-0.4, -0.2) is 30.8 Å². The monoisotopic (exact) mass is 480 g/mol. The molecule has 0 aromatic heterocycles. The van der Waals surface area contributed by atoms with Crippen molar-refractivity contribution < 1.29 is 44.7 Å². The molecule has 0 aliphatic carbocycles. The predicted molar refractivity (Wildman–Crippen MR) is 98.9 cm³/mol. The molecule has 32 heavy (non-hydrogen) atoms. The van der Waals surface area contributed by atoms with Gasteiger partial charge in [0.15, 0.2) is 15.4 Å². The van der Waals surface area contributed by atoms with Gasteiger partial charge in [-0.15, -0.1) is 0 Å². The first-order chi connectivity index (χ1) is 14.5. The van der Waals surface area contributed by atoms with Crippen molar-refractivity contribution in [3.05, 3.63) is 59.2 Å². The van der Waals surface area contributed by atoms with E-state index in [0.717, 1.165) is 24.3 Å². The van der Waals surface area contributed by atoms with Crippen LogP contribution in [0.3, 0.4) is 0 Å². The van der Waals surface area contributed by atoms with E-state index in [4.69, 9.17) is 5.26 Å². The first kappa shape index (κ1) is 25.2. The van der Waals surface area contributed by atoms with Crippen molar-refractivity contribution in [2.75, 3.05) is 11.1 Å². The van der Waals surface area contributed by atoms with Crippen LogP contribution in [0.4, 0.5) is 32.0 Å². The van der Waals surface area contributed by atoms with Crippen LogP contribution in [-0.2, 0) is 27.0 Å². The third-order valence-corrected chi connectivity index (χ3v) is 6.16. The van der Waals surface area contributed by atoms with E-state index in [0.29, 0.717) is 25.1 Å². The third-order valence-electron chi connectivity index (χ3n) is 4.19. The maximum absolute atomic E-state index is 13.2. The van der Waals surface area contributed by atoms with Crippen molar-refractivity contribution in [1.82, 2.24) is 0 Å². The molecule has 0 bridgehead atoms. The lowest BCUT2D eigenvalue weighted by molar-refractivity contribution is -0.140. The van der Waals surface area contributed by atoms with Gasteiger partial charge in [-0.3, -0.25) is 4.79 Å². The molecule has 172 valence electrons. The lowest BCUT2D eigenvalue weighted by Crippen LogP contribution is -2.46. The maximum Gasteiger partial charge on any atom is 0.418 e. The highest BCUT2D eigenvalue weighted by atomic mass is 32.2. The lowest BCUT2D eigenvalue weighted by atomic mass is 10.1. The van der Waals surface area contributed by atoms with Gasteiger partial charge < -0.3 is 10.4 Å². The predicted octanol–water partition coefficient (Wildman–Crippen LogP) is 3.76. The van der Waals surface area contributed by atoms with E-state index in [9.17, 15) is 44.7 Å². The van der Waals surface area contributed by atoms with Crippen molar-refractivity contribution >= 4 is 21.4 Å². The number of carbonyl (C=O) groups excluding carboxylic acids is 1. The summed E-state index contributed by atoms with van der Waals surface area (Å²) in [6.07, 6.45) is -10.1. The molecule has 1 amide bonds. The van der Waals surface area contributed by atoms with E-state index in [2.05, 4.69) is 0 Å². The normalized spacial score (nSPS) is 14.3. The summed E-state index contributed by atoms with van der Waals surface area (Å²) in [7, 11) is -4.91. The van der Waals surface area contributed by atoms with Crippen molar-refractivity contribution in [3.63, 3.8) is 0 Å². The molecule has 2 aromatic carbocycles. The topological polar surface area (TPSA) is 107 Å². The van der Waals surface area contributed by atoms with Gasteiger partial charge >= 0.3 is 12.4 Å². The molecule has 0 spiro atoms. The Balaban J connectivity index is 2.39. The van der Waals surface area contributed by atoms with Gasteiger partial charge in [0.2, 0.25) is 0 Å². The van der Waals surface area contributed by atoms with Crippen LogP contribution in [0.5, 0.6) is 0 Å². The minimum atomic E-state index is -5.05. The molecule has 13 heteroatoms. The Hall–Kier alpha value is -3.11. The van der Waals surface area contributed by atoms with E-state index in [-0.39, 0.29) is 5.56 Å². The number of alkyl halides is 6. The average Bonchev–Trinajstić information content (AvgIpc) is 2.66. The summed E-state index contributed by atoms with van der Waals surface area (Å²) in [5.74, 6) is -3.16. The highest BCUT2D eigenvalue weighted by molar-refractivity contribution is 7.91. The average molecular weight is 480 g/mol. The van der Waals surface area contributed by atoms with Gasteiger partial charge in [-0.1, -0.05) is 12.1 Å². The largest absolute Gasteiger partial charge is 0.418 e. The number of sulfone groups is 1. The van der Waals surface area contributed by atoms with Crippen LogP contribution in [0.15, 0.2) is 47.4 Å². The van der Waals surface area contributed by atoms with E-state index in [1.807, 2.05) is 0 Å². The summed E-state index contributed by atoms with van der Waals surface area (Å²) < 4.78 is 104. The van der Waals surface area contributed by atoms with Crippen LogP contribution in [0.25, 0.3) is 0 Å². The molecule has 0 radical (unpaired) electrons. The van der Waals surface area contributed by atoms with Gasteiger partial charge in [-0.2, -0.15) is 31.6 Å². The lowest BCUT2D eigenvalue weighted by Gasteiger charge is -2.24. The van der Waals surface area contributed by atoms with Gasteiger partial charge in [0.1, 0.15) is 0 Å². The molecule has 0 aliphatic heterocycles. The number of hydrogen-bond acceptors (Lipinski definition) is 5. The summed E-state index contributed by atoms with van der Waals surface area (Å²) in [4.78, 5) is 11.2. The van der Waals surface area contributed by atoms with Crippen molar-refractivity contribution in [3.8, 4) is 6.07 Å². The number of hydrogen-bond donors (Lipinski definition) is 2. The number of carbonyl (C=O) groups is 1. The molecule has 0 heterocycles. The Kier molecular flexibility index (Phi) is 6.63. The second kappa shape index (κ2) is 8.44. The van der Waals surface area contributed by atoms with Gasteiger partial charge in [0.25, 0.3) is 5.91 Å². The fourth-order valence-corrected chi connectivity index (χ4v) is 4.53. The molecular formula is C19H14F6N2O4S. The van der Waals surface area contributed by atoms with E-state index < -0.39 is 61.2 Å². The highest BCUT2D eigenvalue weighted by Gasteiger charge is 2.42. The third kappa shape index (κ3) is 5.57. The Morgan fingerprint density at radius 3 is 2.12 bits per heavy atom. The summed E-state index contributed by atoms with van der Waals surface area (Å²) >= 11 is 0. The Labute approximate surface area is 178 Å². The van der Waals surface area contributed by atoms with Crippen molar-refractivity contribution in [2.45, 2.75) is 29.8 Å². The van der Waals surface area contributed by atoms with Crippen LogP contribution in [0.2, 0.25) is 0 Å². The standard InChI is InChI=1S/C19H14F6N2O4S/c1-17(29,10-32(30,31)15-5-3-2-4-12(15)18(20,21)22)16(28)27-14-7-6-11(9-26)8-13(14)19(23,24)25/h2-8,29H,10H2,1H3,(H,27,28). The summed E-state index contributed by atoms with van der Waals surface area (Å²) in [5.41, 5.74) is -7.13. The van der Waals surface area contributed by atoms with E-state index >= 15 is 0 Å². The molecule has 0 fully saturated rings. The number of amides is 1. The molecule has 0 saturated heterocycles. The number of rotatable bonds is 5. The molecule has 0 saturated carbocycles. The summed E-state index contributed by atoms with van der Waals surface area (Å²) in [5, 5.41) is 20.8. The number of nitriles is 1. The number of halogens is 6. The fourth-order valence-electron chi connectivity index (χ4n) is 2.70. The molecule has 2 N–H and O–H groups in total. The minimum Gasteiger partial charge on any atom is -0.379 e. The number of nitrogens with zero attached hydrogens (tertiary/aromatic N) is 1. The molecule has 6 nitrogen and oxygen atoms in total. The van der Waals surface area contributed by atoms with Gasteiger partial charge in [0.05, 0.1) is 39.1 Å². The SMILES string of the molecule is CC(O)(CS(=O)(=O)c1ccccc1C(F)(F)F)C(=O)Nc1ccc(C#N)cc1C(F)(F)F. The highest BCUT2D eigenvalue weighted by Crippen LogP contribution is 2.37. The minimum absolute atomic E-state index is 0.381. The van der Waals surface area contributed by atoms with Crippen LogP contribution in [0, 0.1) is 11.3 Å². The zero-order chi connectivity index (χ0) is 24.5. The van der Waals surface area contributed by atoms with Gasteiger partial charge in [0, 0.05) is 0 Å². The summed E-state index contributed by atoms with van der Waals surface area (Å²) in [6.45, 7) is 0.632. The Morgan fingerprint density at radius 1 is 1.03 bits per heavy atom. The first-order valence-electron chi connectivity index (χ1n) is 8.53. The van der Waals surface area contributed by atoms with Gasteiger partial charge in [-0.05, 0) is 37.3 Å². The summed E-state index contributed by atoms with van der Waals surface area (Å²) in [6, 6.07) is 6.65. The molecule has 2 aromatic rings. The number of aliphatic hydroxyl groups is 1. The number of anilines is 1. The zero-order valence-electron chi connectivity index (χ0n) is 16.0. The quantitative estimate of drug-likeness (QED) is 0.634. The van der Waals surface area contributed by atoms with Gasteiger partial charge in [-0.25, -0.2) is 8.42 Å². The molecule has 2 rings (SSSR count). The maximum atomic E-state index is 13.2. The van der Waals surface area contributed by atoms with Crippen LogP contribution >= 0.6 is 0 Å². The second-order valence-corrected chi connectivity index (χ2v) is 8.81. The Morgan fingerprint density at radius 2 is 1.59 bits per heavy atom. The number of benzene rings is 2. The van der Waals surface area contributed by atoms with Crippen LogP contribution in [0.1, 0.15) is 23.6 Å². The van der Waals surface area contributed by atoms with Crippen LogP contribution < -0.4 is 5.32 Å². The number of nitrogens with one attached hydrogen (secondary N) is 1.